The summed E-state index contributed by atoms with van der Waals surface area (Å²) in [7, 11) is 0. The summed E-state index contributed by atoms with van der Waals surface area (Å²) in [6, 6.07) is 0. The Kier molecular flexibility index (Phi) is 27.8. The monoisotopic (exact) mass is 182 g/mol. The molecule has 0 atom stereocenters. The first-order chi connectivity index (χ1) is 3.91. The fourth-order valence-corrected chi connectivity index (χ4v) is 0.854. The maximum atomic E-state index is 2.26. The SMILES string of the molecule is CCCCCCCC.S.S. The Bertz CT molecular complexity index is 32.2. The zero-order chi connectivity index (χ0) is 6.24. The largest absolute Gasteiger partial charge is 0.197 e. The van der Waals surface area contributed by atoms with E-state index in [0.717, 1.165) is 0 Å². The molecule has 0 fully saturated rings. The van der Waals surface area contributed by atoms with Crippen LogP contribution in [0.2, 0.25) is 0 Å². The van der Waals surface area contributed by atoms with E-state index in [2.05, 4.69) is 13.8 Å². The molecule has 66 valence electrons. The summed E-state index contributed by atoms with van der Waals surface area (Å²) in [4.78, 5) is 0. The van der Waals surface area contributed by atoms with Crippen molar-refractivity contribution in [1.82, 2.24) is 0 Å². The Morgan fingerprint density at radius 1 is 0.600 bits per heavy atom. The van der Waals surface area contributed by atoms with E-state index in [9.17, 15) is 0 Å². The molecule has 0 aromatic rings. The van der Waals surface area contributed by atoms with Gasteiger partial charge in [-0.05, 0) is 0 Å². The van der Waals surface area contributed by atoms with Crippen molar-refractivity contribution in [1.29, 1.82) is 0 Å². The molecule has 0 aromatic carbocycles. The van der Waals surface area contributed by atoms with E-state index >= 15 is 0 Å². The molecule has 0 aliphatic carbocycles. The van der Waals surface area contributed by atoms with Crippen molar-refractivity contribution in [3.05, 3.63) is 0 Å². The highest BCUT2D eigenvalue weighted by Crippen LogP contribution is 2.03. The Labute approximate surface area is 79.7 Å². The van der Waals surface area contributed by atoms with Crippen LogP contribution < -0.4 is 0 Å². The van der Waals surface area contributed by atoms with Gasteiger partial charge in [-0.1, -0.05) is 52.4 Å². The van der Waals surface area contributed by atoms with Crippen molar-refractivity contribution in [2.45, 2.75) is 52.4 Å². The molecule has 0 aromatic heterocycles. The third kappa shape index (κ3) is 15.9. The summed E-state index contributed by atoms with van der Waals surface area (Å²) >= 11 is 0. The van der Waals surface area contributed by atoms with E-state index in [0.29, 0.717) is 0 Å². The van der Waals surface area contributed by atoms with Gasteiger partial charge in [-0.2, -0.15) is 27.0 Å². The van der Waals surface area contributed by atoms with Gasteiger partial charge in [0, 0.05) is 0 Å². The Morgan fingerprint density at radius 2 is 0.900 bits per heavy atom. The zero-order valence-corrected chi connectivity index (χ0v) is 9.24. The van der Waals surface area contributed by atoms with E-state index < -0.39 is 0 Å². The van der Waals surface area contributed by atoms with Crippen LogP contribution in [0.1, 0.15) is 52.4 Å². The second-order valence-electron chi connectivity index (χ2n) is 2.41. The van der Waals surface area contributed by atoms with Gasteiger partial charge < -0.3 is 0 Å². The van der Waals surface area contributed by atoms with Crippen molar-refractivity contribution in [3.8, 4) is 0 Å². The summed E-state index contributed by atoms with van der Waals surface area (Å²) in [5.41, 5.74) is 0. The first-order valence-corrected chi connectivity index (χ1v) is 3.91. The summed E-state index contributed by atoms with van der Waals surface area (Å²) < 4.78 is 0. The Hall–Kier alpha value is 0.700. The lowest BCUT2D eigenvalue weighted by atomic mass is 10.1. The van der Waals surface area contributed by atoms with Crippen LogP contribution in [0, 0.1) is 0 Å². The molecule has 2 heteroatoms. The third-order valence-corrected chi connectivity index (χ3v) is 1.46. The normalized spacial score (nSPS) is 7.80. The first-order valence-electron chi connectivity index (χ1n) is 3.91. The minimum Gasteiger partial charge on any atom is -0.197 e. The summed E-state index contributed by atoms with van der Waals surface area (Å²) in [6.45, 7) is 4.51. The van der Waals surface area contributed by atoms with Crippen molar-refractivity contribution >= 4 is 27.0 Å². The molecule has 0 heterocycles. The minimum atomic E-state index is 0. The van der Waals surface area contributed by atoms with Crippen LogP contribution in [0.15, 0.2) is 0 Å². The van der Waals surface area contributed by atoms with Crippen LogP contribution in [-0.4, -0.2) is 0 Å². The summed E-state index contributed by atoms with van der Waals surface area (Å²) in [5.74, 6) is 0. The lowest BCUT2D eigenvalue weighted by Crippen LogP contribution is -1.73. The molecule has 0 rings (SSSR count). The lowest BCUT2D eigenvalue weighted by Gasteiger charge is -1.93. The van der Waals surface area contributed by atoms with Crippen LogP contribution in [0.25, 0.3) is 0 Å². The van der Waals surface area contributed by atoms with Gasteiger partial charge in [-0.3, -0.25) is 0 Å². The number of rotatable bonds is 5. The lowest BCUT2D eigenvalue weighted by molar-refractivity contribution is 0.624. The van der Waals surface area contributed by atoms with Crippen LogP contribution in [-0.2, 0) is 0 Å². The van der Waals surface area contributed by atoms with Gasteiger partial charge >= 0.3 is 0 Å². The van der Waals surface area contributed by atoms with Crippen LogP contribution in [0.5, 0.6) is 0 Å². The van der Waals surface area contributed by atoms with E-state index in [1.54, 1.807) is 0 Å². The molecule has 0 amide bonds. The fraction of sp³-hybridized carbons (Fsp3) is 1.00. The predicted octanol–water partition coefficient (Wildman–Crippen LogP) is 3.59. The van der Waals surface area contributed by atoms with Gasteiger partial charge in [-0.15, -0.1) is 0 Å². The molecule has 10 heavy (non-hydrogen) atoms. The second kappa shape index (κ2) is 16.4. The van der Waals surface area contributed by atoms with Gasteiger partial charge in [0.2, 0.25) is 0 Å². The summed E-state index contributed by atoms with van der Waals surface area (Å²) in [6.07, 6.45) is 8.49. The van der Waals surface area contributed by atoms with Crippen LogP contribution >= 0.6 is 27.0 Å². The number of hydrogen-bond acceptors (Lipinski definition) is 0. The zero-order valence-electron chi connectivity index (χ0n) is 7.24. The fourth-order valence-electron chi connectivity index (χ4n) is 0.854. The molecule has 0 aliphatic rings. The van der Waals surface area contributed by atoms with E-state index in [-0.39, 0.29) is 27.0 Å². The van der Waals surface area contributed by atoms with Crippen LogP contribution in [0.3, 0.4) is 0 Å². The molecule has 0 N–H and O–H groups in total. The van der Waals surface area contributed by atoms with E-state index in [1.807, 2.05) is 0 Å². The molecule has 0 spiro atoms. The third-order valence-electron chi connectivity index (χ3n) is 1.46. The Balaban J connectivity index is -0.000000245. The maximum Gasteiger partial charge on any atom is -0.0533 e. The highest BCUT2D eigenvalue weighted by molar-refractivity contribution is 7.59. The number of unbranched alkanes of at least 4 members (excludes halogenated alkanes) is 5. The molecule has 0 saturated heterocycles. The molecular formula is C8H22S2. The summed E-state index contributed by atoms with van der Waals surface area (Å²) in [5, 5.41) is 0. The molecule has 0 bridgehead atoms. The van der Waals surface area contributed by atoms with Gasteiger partial charge in [0.1, 0.15) is 0 Å². The Morgan fingerprint density at radius 3 is 1.10 bits per heavy atom. The van der Waals surface area contributed by atoms with Gasteiger partial charge in [0.15, 0.2) is 0 Å². The maximum absolute atomic E-state index is 2.26. The topological polar surface area (TPSA) is 0 Å². The van der Waals surface area contributed by atoms with Crippen molar-refractivity contribution < 1.29 is 0 Å². The van der Waals surface area contributed by atoms with Crippen LogP contribution in [0.4, 0.5) is 0 Å². The molecule has 0 aliphatic heterocycles. The van der Waals surface area contributed by atoms with E-state index in [1.165, 1.54) is 38.5 Å². The highest BCUT2D eigenvalue weighted by Gasteiger charge is 1.83. The first kappa shape index (κ1) is 17.0. The smallest absolute Gasteiger partial charge is 0.0533 e. The molecule has 0 unspecified atom stereocenters. The van der Waals surface area contributed by atoms with Crippen molar-refractivity contribution in [2.24, 2.45) is 0 Å². The number of hydrogen-bond donors (Lipinski definition) is 0. The predicted molar refractivity (Wildman–Crippen MR) is 59.8 cm³/mol. The van der Waals surface area contributed by atoms with Crippen molar-refractivity contribution in [3.63, 3.8) is 0 Å². The minimum absolute atomic E-state index is 0. The average molecular weight is 182 g/mol. The average Bonchev–Trinajstić information content (AvgIpc) is 1.81. The molecule has 0 nitrogen and oxygen atoms in total. The van der Waals surface area contributed by atoms with Gasteiger partial charge in [0.05, 0.1) is 0 Å². The quantitative estimate of drug-likeness (QED) is 0.570. The highest BCUT2D eigenvalue weighted by atomic mass is 32.1. The van der Waals surface area contributed by atoms with E-state index in [4.69, 9.17) is 0 Å². The standard InChI is InChI=1S/C8H18.2H2S/c1-3-5-7-8-6-4-2;;/h3-8H2,1-2H3;2*1H2. The molecular weight excluding hydrogens is 160 g/mol. The molecule has 0 saturated carbocycles. The molecule has 0 radical (unpaired) electrons. The van der Waals surface area contributed by atoms with Crippen molar-refractivity contribution in [2.75, 3.05) is 0 Å². The second-order valence-corrected chi connectivity index (χ2v) is 2.41. The van der Waals surface area contributed by atoms with Gasteiger partial charge in [-0.25, -0.2) is 0 Å². The van der Waals surface area contributed by atoms with Gasteiger partial charge in [0.25, 0.3) is 0 Å².